The van der Waals surface area contributed by atoms with E-state index in [2.05, 4.69) is 33.0 Å². The van der Waals surface area contributed by atoms with Crippen molar-refractivity contribution < 1.29 is 4.52 Å². The molecule has 0 unspecified atom stereocenters. The van der Waals surface area contributed by atoms with E-state index in [9.17, 15) is 0 Å². The molecule has 3 rings (SSSR count). The first-order valence-electron chi connectivity index (χ1n) is 5.48. The SMILES string of the molecule is CC1(c2noc(-c3cc(Br)ccc3N)n2)CC1. The molecule has 0 bridgehead atoms. The molecule has 1 fully saturated rings. The van der Waals surface area contributed by atoms with E-state index in [0.29, 0.717) is 11.6 Å². The van der Waals surface area contributed by atoms with Gasteiger partial charge in [-0.25, -0.2) is 0 Å². The number of benzene rings is 1. The molecule has 1 aliphatic rings. The van der Waals surface area contributed by atoms with Crippen LogP contribution in [0.3, 0.4) is 0 Å². The van der Waals surface area contributed by atoms with Crippen molar-refractivity contribution in [2.24, 2.45) is 0 Å². The van der Waals surface area contributed by atoms with Gasteiger partial charge in [0, 0.05) is 15.6 Å². The van der Waals surface area contributed by atoms with E-state index in [-0.39, 0.29) is 5.41 Å². The number of hydrogen-bond acceptors (Lipinski definition) is 4. The highest BCUT2D eigenvalue weighted by atomic mass is 79.9. The number of nitrogens with two attached hydrogens (primary N) is 1. The monoisotopic (exact) mass is 293 g/mol. The molecule has 0 aliphatic heterocycles. The van der Waals surface area contributed by atoms with Crippen LogP contribution in [0.4, 0.5) is 5.69 Å². The molecule has 0 saturated heterocycles. The first kappa shape index (κ1) is 10.8. The van der Waals surface area contributed by atoms with Crippen molar-refractivity contribution in [3.8, 4) is 11.5 Å². The zero-order valence-electron chi connectivity index (χ0n) is 9.40. The van der Waals surface area contributed by atoms with Crippen LogP contribution in [0.15, 0.2) is 27.2 Å². The van der Waals surface area contributed by atoms with Crippen molar-refractivity contribution in [3.05, 3.63) is 28.5 Å². The molecule has 1 aliphatic carbocycles. The summed E-state index contributed by atoms with van der Waals surface area (Å²) in [5.74, 6) is 1.28. The number of aromatic nitrogens is 2. The molecule has 4 nitrogen and oxygen atoms in total. The van der Waals surface area contributed by atoms with Crippen molar-refractivity contribution in [1.82, 2.24) is 10.1 Å². The Balaban J connectivity index is 2.03. The Kier molecular flexibility index (Phi) is 2.26. The molecule has 5 heteroatoms. The number of rotatable bonds is 2. The third-order valence-electron chi connectivity index (χ3n) is 3.21. The van der Waals surface area contributed by atoms with Crippen molar-refractivity contribution in [3.63, 3.8) is 0 Å². The van der Waals surface area contributed by atoms with Crippen LogP contribution in [0.5, 0.6) is 0 Å². The second kappa shape index (κ2) is 3.57. The minimum absolute atomic E-state index is 0.114. The third-order valence-corrected chi connectivity index (χ3v) is 3.70. The van der Waals surface area contributed by atoms with Gasteiger partial charge in [-0.05, 0) is 31.0 Å². The van der Waals surface area contributed by atoms with Gasteiger partial charge in [-0.15, -0.1) is 0 Å². The molecule has 0 radical (unpaired) electrons. The second-order valence-corrected chi connectivity index (χ2v) is 5.63. The quantitative estimate of drug-likeness (QED) is 0.864. The van der Waals surface area contributed by atoms with Crippen LogP contribution in [0, 0.1) is 0 Å². The minimum atomic E-state index is 0.114. The predicted molar refractivity (Wildman–Crippen MR) is 68.4 cm³/mol. The standard InChI is InChI=1S/C12H12BrN3O/c1-12(4-5-12)11-15-10(17-16-11)8-6-7(13)2-3-9(8)14/h2-3,6H,4-5,14H2,1H3. The van der Waals surface area contributed by atoms with E-state index >= 15 is 0 Å². The van der Waals surface area contributed by atoms with E-state index in [1.165, 1.54) is 0 Å². The number of anilines is 1. The molecule has 0 amide bonds. The Morgan fingerprint density at radius 1 is 1.41 bits per heavy atom. The predicted octanol–water partition coefficient (Wildman–Crippen LogP) is 3.13. The Hall–Kier alpha value is -1.36. The van der Waals surface area contributed by atoms with Crippen molar-refractivity contribution in [2.45, 2.75) is 25.2 Å². The summed E-state index contributed by atoms with van der Waals surface area (Å²) in [5.41, 5.74) is 7.44. The van der Waals surface area contributed by atoms with Crippen LogP contribution in [0.1, 0.15) is 25.6 Å². The summed E-state index contributed by atoms with van der Waals surface area (Å²) in [7, 11) is 0. The lowest BCUT2D eigenvalue weighted by Gasteiger charge is -2.01. The average Bonchev–Trinajstić information content (AvgIpc) is 2.88. The van der Waals surface area contributed by atoms with Crippen LogP contribution in [0.2, 0.25) is 0 Å². The maximum absolute atomic E-state index is 5.91. The van der Waals surface area contributed by atoms with Crippen LogP contribution >= 0.6 is 15.9 Å². The summed E-state index contributed by atoms with van der Waals surface area (Å²) in [6, 6.07) is 5.60. The number of halogens is 1. The van der Waals surface area contributed by atoms with Crippen molar-refractivity contribution in [1.29, 1.82) is 0 Å². The van der Waals surface area contributed by atoms with E-state index in [4.69, 9.17) is 10.3 Å². The molecule has 1 aromatic heterocycles. The van der Waals surface area contributed by atoms with Gasteiger partial charge >= 0.3 is 0 Å². The summed E-state index contributed by atoms with van der Waals surface area (Å²) in [4.78, 5) is 4.44. The van der Waals surface area contributed by atoms with Crippen molar-refractivity contribution >= 4 is 21.6 Å². The first-order chi connectivity index (χ1) is 8.08. The molecule has 1 aromatic carbocycles. The van der Waals surface area contributed by atoms with Gasteiger partial charge in [0.05, 0.1) is 5.56 Å². The van der Waals surface area contributed by atoms with Gasteiger partial charge in [-0.1, -0.05) is 28.0 Å². The third kappa shape index (κ3) is 1.84. The van der Waals surface area contributed by atoms with E-state index < -0.39 is 0 Å². The highest BCUT2D eigenvalue weighted by Gasteiger charge is 2.43. The zero-order chi connectivity index (χ0) is 12.0. The molecule has 2 aromatic rings. The van der Waals surface area contributed by atoms with Crippen LogP contribution in [0.25, 0.3) is 11.5 Å². The van der Waals surface area contributed by atoms with Crippen molar-refractivity contribution in [2.75, 3.05) is 5.73 Å². The Labute approximate surface area is 107 Å². The Bertz CT molecular complexity index is 575. The fraction of sp³-hybridized carbons (Fsp3) is 0.333. The van der Waals surface area contributed by atoms with Gasteiger partial charge in [0.1, 0.15) is 0 Å². The summed E-state index contributed by atoms with van der Waals surface area (Å²) < 4.78 is 6.23. The number of nitrogen functional groups attached to an aromatic ring is 1. The largest absolute Gasteiger partial charge is 0.398 e. The van der Waals surface area contributed by atoms with Gasteiger partial charge in [0.15, 0.2) is 5.82 Å². The molecule has 0 spiro atoms. The minimum Gasteiger partial charge on any atom is -0.398 e. The zero-order valence-corrected chi connectivity index (χ0v) is 11.0. The molecule has 1 heterocycles. The van der Waals surface area contributed by atoms with Gasteiger partial charge < -0.3 is 10.3 Å². The molecular formula is C12H12BrN3O. The maximum atomic E-state index is 5.91. The van der Waals surface area contributed by atoms with Gasteiger partial charge in [-0.3, -0.25) is 0 Å². The smallest absolute Gasteiger partial charge is 0.260 e. The summed E-state index contributed by atoms with van der Waals surface area (Å²) in [5, 5.41) is 4.04. The van der Waals surface area contributed by atoms with Crippen LogP contribution in [-0.4, -0.2) is 10.1 Å². The highest BCUT2D eigenvalue weighted by Crippen LogP contribution is 2.46. The molecule has 88 valence electrons. The summed E-state index contributed by atoms with van der Waals surface area (Å²) >= 11 is 3.41. The van der Waals surface area contributed by atoms with Crippen LogP contribution in [-0.2, 0) is 5.41 Å². The van der Waals surface area contributed by atoms with Crippen LogP contribution < -0.4 is 5.73 Å². The topological polar surface area (TPSA) is 64.9 Å². The highest BCUT2D eigenvalue weighted by molar-refractivity contribution is 9.10. The second-order valence-electron chi connectivity index (χ2n) is 4.72. The molecular weight excluding hydrogens is 282 g/mol. The fourth-order valence-electron chi connectivity index (χ4n) is 1.70. The summed E-state index contributed by atoms with van der Waals surface area (Å²) in [6.45, 7) is 2.14. The molecule has 2 N–H and O–H groups in total. The lowest BCUT2D eigenvalue weighted by atomic mass is 10.1. The first-order valence-corrected chi connectivity index (χ1v) is 6.27. The molecule has 17 heavy (non-hydrogen) atoms. The van der Waals surface area contributed by atoms with Gasteiger partial charge in [-0.2, -0.15) is 4.98 Å². The van der Waals surface area contributed by atoms with Gasteiger partial charge in [0.25, 0.3) is 5.89 Å². The average molecular weight is 294 g/mol. The number of hydrogen-bond donors (Lipinski definition) is 1. The molecule has 1 saturated carbocycles. The lowest BCUT2D eigenvalue weighted by molar-refractivity contribution is 0.416. The van der Waals surface area contributed by atoms with Gasteiger partial charge in [0.2, 0.25) is 0 Å². The summed E-state index contributed by atoms with van der Waals surface area (Å²) in [6.07, 6.45) is 2.25. The Morgan fingerprint density at radius 2 is 2.18 bits per heavy atom. The normalized spacial score (nSPS) is 17.1. The van der Waals surface area contributed by atoms with E-state index in [0.717, 1.165) is 28.7 Å². The fourth-order valence-corrected chi connectivity index (χ4v) is 2.06. The number of nitrogens with zero attached hydrogens (tertiary/aromatic N) is 2. The van der Waals surface area contributed by atoms with E-state index in [1.54, 1.807) is 0 Å². The lowest BCUT2D eigenvalue weighted by Crippen LogP contribution is -2.02. The maximum Gasteiger partial charge on any atom is 0.260 e. The molecule has 0 atom stereocenters. The van der Waals surface area contributed by atoms with E-state index in [1.807, 2.05) is 18.2 Å². The Morgan fingerprint density at radius 3 is 2.88 bits per heavy atom.